The Morgan fingerprint density at radius 1 is 0.489 bits per heavy atom. The molecular formula is C45H38P2. The molecule has 7 rings (SSSR count). The van der Waals surface area contributed by atoms with E-state index in [9.17, 15) is 0 Å². The van der Waals surface area contributed by atoms with E-state index in [2.05, 4.69) is 195 Å². The van der Waals surface area contributed by atoms with Crippen LogP contribution in [0.2, 0.25) is 0 Å². The van der Waals surface area contributed by atoms with Crippen molar-refractivity contribution >= 4 is 64.8 Å². The summed E-state index contributed by atoms with van der Waals surface area (Å²) in [5.74, 6) is 0. The molecule has 228 valence electrons. The van der Waals surface area contributed by atoms with Gasteiger partial charge in [0.25, 0.3) is 0 Å². The van der Waals surface area contributed by atoms with E-state index in [1.807, 2.05) is 0 Å². The molecule has 0 aliphatic carbocycles. The van der Waals surface area contributed by atoms with Gasteiger partial charge in [-0.1, -0.05) is 195 Å². The highest BCUT2D eigenvalue weighted by Crippen LogP contribution is 2.42. The molecule has 2 heteroatoms. The fourth-order valence-electron chi connectivity index (χ4n) is 6.52. The predicted octanol–water partition coefficient (Wildman–Crippen LogP) is 8.12. The lowest BCUT2D eigenvalue weighted by molar-refractivity contribution is 1.28. The van der Waals surface area contributed by atoms with Crippen molar-refractivity contribution in [3.05, 3.63) is 198 Å². The molecule has 0 aliphatic rings. The van der Waals surface area contributed by atoms with E-state index < -0.39 is 15.8 Å². The van der Waals surface area contributed by atoms with Gasteiger partial charge in [-0.2, -0.15) is 0 Å². The molecule has 0 bridgehead atoms. The van der Waals surface area contributed by atoms with E-state index in [0.717, 1.165) is 12.6 Å². The van der Waals surface area contributed by atoms with Crippen molar-refractivity contribution in [2.75, 3.05) is 6.16 Å². The molecule has 0 saturated carbocycles. The molecule has 0 N–H and O–H groups in total. The van der Waals surface area contributed by atoms with Crippen molar-refractivity contribution < 1.29 is 0 Å². The van der Waals surface area contributed by atoms with Gasteiger partial charge in [-0.3, -0.25) is 0 Å². The van der Waals surface area contributed by atoms with E-state index in [4.69, 9.17) is 0 Å². The van der Waals surface area contributed by atoms with Crippen molar-refractivity contribution in [2.24, 2.45) is 0 Å². The maximum Gasteiger partial charge on any atom is 0.00200 e. The summed E-state index contributed by atoms with van der Waals surface area (Å²) in [6.07, 6.45) is 4.32. The molecule has 7 aromatic rings. The summed E-state index contributed by atoms with van der Waals surface area (Å²) in [5, 5.41) is 12.2. The highest BCUT2D eigenvalue weighted by molar-refractivity contribution is 7.80. The van der Waals surface area contributed by atoms with Crippen molar-refractivity contribution in [3.63, 3.8) is 0 Å². The van der Waals surface area contributed by atoms with Crippen LogP contribution in [-0.4, -0.2) is 6.16 Å². The van der Waals surface area contributed by atoms with Crippen LogP contribution in [0.25, 0.3) is 22.4 Å². The number of fused-ring (bicyclic) bond motifs is 1. The molecule has 7 aromatic carbocycles. The molecule has 0 radical (unpaired) electrons. The Labute approximate surface area is 281 Å². The van der Waals surface area contributed by atoms with E-state index in [-0.39, 0.29) is 0 Å². The topological polar surface area (TPSA) is 0 Å². The zero-order chi connectivity index (χ0) is 31.8. The van der Waals surface area contributed by atoms with Gasteiger partial charge in [-0.25, -0.2) is 0 Å². The van der Waals surface area contributed by atoms with E-state index in [0.29, 0.717) is 0 Å². The second-order valence-corrected chi connectivity index (χ2v) is 16.0. The Bertz CT molecular complexity index is 2110. The fraction of sp³-hybridized carbons (Fsp3) is 0.0667. The lowest BCUT2D eigenvalue weighted by atomic mass is 9.96. The van der Waals surface area contributed by atoms with Gasteiger partial charge in [-0.05, 0) is 81.1 Å². The summed E-state index contributed by atoms with van der Waals surface area (Å²) in [4.78, 5) is 0. The lowest BCUT2D eigenvalue weighted by Gasteiger charge is -2.27. The third-order valence-electron chi connectivity index (χ3n) is 8.64. The summed E-state index contributed by atoms with van der Waals surface area (Å²) < 4.78 is 0. The first kappa shape index (κ1) is 31.0. The van der Waals surface area contributed by atoms with Gasteiger partial charge in [-0.15, -0.1) is 0 Å². The smallest absolute Gasteiger partial charge is 0.00200 e. The Balaban J connectivity index is 1.60. The second-order valence-electron chi connectivity index (χ2n) is 11.6. The Morgan fingerprint density at radius 3 is 1.55 bits per heavy atom. The molecule has 0 saturated heterocycles. The molecular weight excluding hydrogens is 602 g/mol. The maximum absolute atomic E-state index is 2.43. The van der Waals surface area contributed by atoms with Gasteiger partial charge < -0.3 is 0 Å². The molecule has 0 spiro atoms. The molecule has 0 aromatic heterocycles. The van der Waals surface area contributed by atoms with Crippen molar-refractivity contribution in [2.45, 2.75) is 13.3 Å². The standard InChI is InChI=1S/C45H38P2/c1-2-19-35-20-15-17-30-41(35)43(34-46(37-22-7-3-8-23-37)38-24-9-4-10-25-38)45-42-31-18-16-21-36(42)32-33-44(45)47(39-26-11-5-12-27-39)40-28-13-6-14-29-40/h3-33H,2,34H2,1H3/b35-19-,43-41+. The normalized spacial score (nSPS) is 12.5. The van der Waals surface area contributed by atoms with Gasteiger partial charge in [0.15, 0.2) is 0 Å². The van der Waals surface area contributed by atoms with Crippen LogP contribution in [0.1, 0.15) is 18.9 Å². The predicted molar refractivity (Wildman–Crippen MR) is 210 cm³/mol. The number of hydrogen-bond donors (Lipinski definition) is 0. The summed E-state index contributed by atoms with van der Waals surface area (Å²) in [5.41, 5.74) is 2.81. The monoisotopic (exact) mass is 640 g/mol. The summed E-state index contributed by atoms with van der Waals surface area (Å²) in [6.45, 7) is 2.24. The van der Waals surface area contributed by atoms with Crippen molar-refractivity contribution in [1.82, 2.24) is 0 Å². The van der Waals surface area contributed by atoms with Gasteiger partial charge in [0.2, 0.25) is 0 Å². The van der Waals surface area contributed by atoms with E-state index >= 15 is 0 Å². The minimum absolute atomic E-state index is 0.698. The Morgan fingerprint density at radius 2 is 0.979 bits per heavy atom. The molecule has 0 unspecified atom stereocenters. The quantitative estimate of drug-likeness (QED) is 0.140. The molecule has 0 fully saturated rings. The second kappa shape index (κ2) is 14.9. The highest BCUT2D eigenvalue weighted by Gasteiger charge is 2.26. The van der Waals surface area contributed by atoms with Crippen LogP contribution >= 0.6 is 15.8 Å². The molecule has 47 heavy (non-hydrogen) atoms. The summed E-state index contributed by atoms with van der Waals surface area (Å²) in [7, 11) is -1.54. The van der Waals surface area contributed by atoms with Crippen LogP contribution in [0, 0.1) is 0 Å². The van der Waals surface area contributed by atoms with Crippen molar-refractivity contribution in [1.29, 1.82) is 0 Å². The average Bonchev–Trinajstić information content (AvgIpc) is 3.14. The molecule has 0 heterocycles. The SMILES string of the molecule is CC/C=c1/cccc/c1=C(/CP(c1ccccc1)c1ccccc1)c1c(P(c2ccccc2)c2ccccc2)ccc2ccccc12. The van der Waals surface area contributed by atoms with Gasteiger partial charge in [0.1, 0.15) is 0 Å². The summed E-state index contributed by atoms with van der Waals surface area (Å²) in [6, 6.07) is 67.5. The number of benzene rings is 7. The molecule has 0 aliphatic heterocycles. The first-order valence-electron chi connectivity index (χ1n) is 16.4. The van der Waals surface area contributed by atoms with Gasteiger partial charge in [0.05, 0.1) is 0 Å². The molecule has 0 amide bonds. The highest BCUT2D eigenvalue weighted by atomic mass is 31.1. The zero-order valence-corrected chi connectivity index (χ0v) is 28.5. The molecule has 0 atom stereocenters. The van der Waals surface area contributed by atoms with Crippen LogP contribution in [0.4, 0.5) is 0 Å². The van der Waals surface area contributed by atoms with Crippen molar-refractivity contribution in [3.8, 4) is 0 Å². The average molecular weight is 641 g/mol. The van der Waals surface area contributed by atoms with Gasteiger partial charge >= 0.3 is 0 Å². The minimum atomic E-state index is -0.838. The largest absolute Gasteiger partial charge is 0.0769 e. The summed E-state index contributed by atoms with van der Waals surface area (Å²) >= 11 is 0. The third-order valence-corrected chi connectivity index (χ3v) is 13.6. The number of hydrogen-bond acceptors (Lipinski definition) is 0. The first-order valence-corrected chi connectivity index (χ1v) is 19.3. The zero-order valence-electron chi connectivity index (χ0n) is 26.7. The van der Waals surface area contributed by atoms with Crippen LogP contribution < -0.4 is 37.0 Å². The van der Waals surface area contributed by atoms with Crippen LogP contribution in [0.15, 0.2) is 182 Å². The van der Waals surface area contributed by atoms with Crippen LogP contribution in [-0.2, 0) is 0 Å². The molecule has 0 nitrogen and oxygen atoms in total. The van der Waals surface area contributed by atoms with E-state index in [1.165, 1.54) is 58.9 Å². The maximum atomic E-state index is 2.43. The Kier molecular flexibility index (Phi) is 9.82. The van der Waals surface area contributed by atoms with E-state index in [1.54, 1.807) is 0 Å². The van der Waals surface area contributed by atoms with Crippen LogP contribution in [0.3, 0.4) is 0 Å². The lowest BCUT2D eigenvalue weighted by Crippen LogP contribution is -2.32. The fourth-order valence-corrected chi connectivity index (χ4v) is 11.4. The Hall–Kier alpha value is -4.60. The minimum Gasteiger partial charge on any atom is -0.0769 e. The van der Waals surface area contributed by atoms with Gasteiger partial charge in [0, 0.05) is 6.16 Å². The van der Waals surface area contributed by atoms with Crippen LogP contribution in [0.5, 0.6) is 0 Å². The first-order chi connectivity index (χ1) is 23.3. The third kappa shape index (κ3) is 6.77. The number of rotatable bonds is 9.